The third-order valence-electron chi connectivity index (χ3n) is 6.28. The molecule has 0 saturated heterocycles. The number of nitrogens with zero attached hydrogens (tertiary/aromatic N) is 1. The van der Waals surface area contributed by atoms with Crippen molar-refractivity contribution in [2.75, 3.05) is 4.44 Å². The molecule has 0 spiro atoms. The van der Waals surface area contributed by atoms with Crippen LogP contribution < -0.4 is 24.1 Å². The maximum Gasteiger partial charge on any atom is 0.232 e. The lowest BCUT2D eigenvalue weighted by atomic mass is 10.0. The molecule has 0 aromatic heterocycles. The average molecular weight is 489 g/mol. The Morgan fingerprint density at radius 3 is 1.31 bits per heavy atom. The first-order valence-electron chi connectivity index (χ1n) is 11.6. The largest absolute Gasteiger partial charge is 0.448 e. The van der Waals surface area contributed by atoms with E-state index in [1.165, 1.54) is 21.7 Å². The minimum atomic E-state index is -1.21. The molecule has 2 atom stereocenters. The summed E-state index contributed by atoms with van der Waals surface area (Å²) in [6, 6.07) is 44.4. The molecule has 5 aromatic rings. The molecule has 5 heteroatoms. The van der Waals surface area contributed by atoms with Gasteiger partial charge in [0.15, 0.2) is 0 Å². The maximum absolute atomic E-state index is 6.86. The molecule has 2 aliphatic heterocycles. The Morgan fingerprint density at radius 2 is 0.800 bits per heavy atom. The Hall–Kier alpha value is -3.64. The summed E-state index contributed by atoms with van der Waals surface area (Å²) in [5.41, 5.74) is 5.81. The second-order valence-corrected chi connectivity index (χ2v) is 11.9. The maximum atomic E-state index is 6.86. The van der Waals surface area contributed by atoms with E-state index in [1.807, 2.05) is 12.1 Å². The zero-order chi connectivity index (χ0) is 23.2. The molecule has 35 heavy (non-hydrogen) atoms. The second-order valence-electron chi connectivity index (χ2n) is 8.38. The number of fused-ring (bicyclic) bond motifs is 6. The van der Waals surface area contributed by atoms with Gasteiger partial charge in [-0.15, -0.1) is 0 Å². The van der Waals surface area contributed by atoms with E-state index < -0.39 is 16.6 Å². The van der Waals surface area contributed by atoms with Crippen LogP contribution in [0.1, 0.15) is 0 Å². The van der Waals surface area contributed by atoms with Gasteiger partial charge >= 0.3 is 0 Å². The van der Waals surface area contributed by atoms with E-state index in [1.54, 1.807) is 0 Å². The molecular formula is C30H21NO2P2. The van der Waals surface area contributed by atoms with Crippen LogP contribution in [0.15, 0.2) is 127 Å². The van der Waals surface area contributed by atoms with Gasteiger partial charge < -0.3 is 9.05 Å². The second kappa shape index (κ2) is 8.54. The molecule has 0 radical (unpaired) electrons. The lowest BCUT2D eigenvalue weighted by molar-refractivity contribution is 0.607. The zero-order valence-electron chi connectivity index (χ0n) is 18.8. The molecule has 3 nitrogen and oxygen atoms in total. The highest BCUT2D eigenvalue weighted by Gasteiger charge is 2.41. The molecule has 2 heterocycles. The summed E-state index contributed by atoms with van der Waals surface area (Å²) in [5, 5.41) is 2.40. The smallest absolute Gasteiger partial charge is 0.232 e. The molecule has 168 valence electrons. The summed E-state index contributed by atoms with van der Waals surface area (Å²) >= 11 is 0. The molecular weight excluding hydrogens is 468 g/mol. The van der Waals surface area contributed by atoms with Crippen LogP contribution in [0.2, 0.25) is 0 Å². The molecule has 7 rings (SSSR count). The fourth-order valence-corrected chi connectivity index (χ4v) is 9.44. The van der Waals surface area contributed by atoms with Gasteiger partial charge in [0.2, 0.25) is 16.6 Å². The predicted octanol–water partition coefficient (Wildman–Crippen LogP) is 7.89. The fraction of sp³-hybridized carbons (Fsp3) is 0. The predicted molar refractivity (Wildman–Crippen MR) is 147 cm³/mol. The molecule has 0 fully saturated rings. The fourth-order valence-electron chi connectivity index (χ4n) is 4.68. The van der Waals surface area contributed by atoms with Gasteiger partial charge in [-0.25, -0.2) is 0 Å². The van der Waals surface area contributed by atoms with Crippen molar-refractivity contribution in [3.8, 4) is 33.8 Å². The summed E-state index contributed by atoms with van der Waals surface area (Å²) in [7, 11) is -2.43. The van der Waals surface area contributed by atoms with Crippen molar-refractivity contribution in [2.24, 2.45) is 0 Å². The van der Waals surface area contributed by atoms with Gasteiger partial charge in [0.25, 0.3) is 0 Å². The third kappa shape index (κ3) is 3.43. The molecule has 2 aliphatic rings. The summed E-state index contributed by atoms with van der Waals surface area (Å²) in [4.78, 5) is 0. The molecule has 0 N–H and O–H groups in total. The highest BCUT2D eigenvalue weighted by molar-refractivity contribution is 7.80. The van der Waals surface area contributed by atoms with Crippen LogP contribution in [-0.4, -0.2) is 0 Å². The van der Waals surface area contributed by atoms with E-state index in [4.69, 9.17) is 9.05 Å². The standard InChI is InChI=1S/C30H21NO2P2/c1-2-12-22(13-3-1)31(34-29-20-10-6-16-25(29)23-14-4-8-18-27(23)32-34)35-30-21-11-7-17-26(30)24-15-5-9-19-28(24)33-35/h1-21H. The van der Waals surface area contributed by atoms with E-state index in [2.05, 4.69) is 120 Å². The van der Waals surface area contributed by atoms with E-state index in [0.717, 1.165) is 28.3 Å². The number of anilines is 1. The van der Waals surface area contributed by atoms with Gasteiger partial charge in [0.05, 0.1) is 5.69 Å². The Balaban J connectivity index is 1.45. The Labute approximate surface area is 207 Å². The molecule has 0 bridgehead atoms. The number of rotatable bonds is 3. The van der Waals surface area contributed by atoms with Crippen molar-refractivity contribution in [1.82, 2.24) is 0 Å². The molecule has 0 saturated carbocycles. The van der Waals surface area contributed by atoms with Gasteiger partial charge in [-0.2, -0.15) is 0 Å². The van der Waals surface area contributed by atoms with Crippen LogP contribution in [0.5, 0.6) is 11.5 Å². The Bertz CT molecular complexity index is 1440. The van der Waals surface area contributed by atoms with E-state index in [9.17, 15) is 0 Å². The molecule has 5 aromatic carbocycles. The third-order valence-corrected chi connectivity index (χ3v) is 10.7. The number of benzene rings is 5. The Kier molecular flexibility index (Phi) is 5.05. The van der Waals surface area contributed by atoms with Crippen molar-refractivity contribution in [2.45, 2.75) is 0 Å². The molecule has 0 amide bonds. The monoisotopic (exact) mass is 489 g/mol. The first-order chi connectivity index (χ1) is 17.4. The topological polar surface area (TPSA) is 21.7 Å². The van der Waals surface area contributed by atoms with Crippen molar-refractivity contribution < 1.29 is 9.05 Å². The van der Waals surface area contributed by atoms with E-state index >= 15 is 0 Å². The van der Waals surface area contributed by atoms with Crippen molar-refractivity contribution in [3.05, 3.63) is 127 Å². The lowest BCUT2D eigenvalue weighted by Gasteiger charge is -2.42. The summed E-state index contributed by atoms with van der Waals surface area (Å²) < 4.78 is 16.1. The highest BCUT2D eigenvalue weighted by atomic mass is 31.2. The van der Waals surface area contributed by atoms with Crippen LogP contribution >= 0.6 is 16.6 Å². The summed E-state index contributed by atoms with van der Waals surface area (Å²) in [5.74, 6) is 1.83. The minimum Gasteiger partial charge on any atom is -0.448 e. The quantitative estimate of drug-likeness (QED) is 0.241. The highest BCUT2D eigenvalue weighted by Crippen LogP contribution is 2.64. The number of para-hydroxylation sites is 3. The van der Waals surface area contributed by atoms with Crippen LogP contribution in [0.25, 0.3) is 22.3 Å². The van der Waals surface area contributed by atoms with Gasteiger partial charge in [-0.3, -0.25) is 4.44 Å². The van der Waals surface area contributed by atoms with Gasteiger partial charge in [0, 0.05) is 21.7 Å². The van der Waals surface area contributed by atoms with Gasteiger partial charge in [-0.05, 0) is 47.5 Å². The van der Waals surface area contributed by atoms with Gasteiger partial charge in [-0.1, -0.05) is 91.0 Å². The lowest BCUT2D eigenvalue weighted by Crippen LogP contribution is -2.31. The molecule has 2 unspecified atom stereocenters. The van der Waals surface area contributed by atoms with E-state index in [0.29, 0.717) is 0 Å². The summed E-state index contributed by atoms with van der Waals surface area (Å²) in [6.45, 7) is 0. The normalized spacial score (nSPS) is 17.0. The van der Waals surface area contributed by atoms with Crippen molar-refractivity contribution in [1.29, 1.82) is 0 Å². The van der Waals surface area contributed by atoms with Crippen LogP contribution in [0.3, 0.4) is 0 Å². The number of hydrogen-bond acceptors (Lipinski definition) is 3. The first kappa shape index (κ1) is 20.7. The minimum absolute atomic E-state index is 0.916. The Morgan fingerprint density at radius 1 is 0.400 bits per heavy atom. The zero-order valence-corrected chi connectivity index (χ0v) is 20.6. The van der Waals surface area contributed by atoms with Crippen LogP contribution in [0.4, 0.5) is 5.69 Å². The molecule has 0 aliphatic carbocycles. The van der Waals surface area contributed by atoms with Crippen LogP contribution in [-0.2, 0) is 0 Å². The average Bonchev–Trinajstić information content (AvgIpc) is 2.94. The number of hydrogen-bond donors (Lipinski definition) is 0. The first-order valence-corrected chi connectivity index (χ1v) is 14.0. The van der Waals surface area contributed by atoms with Crippen LogP contribution in [0, 0.1) is 0 Å². The van der Waals surface area contributed by atoms with Crippen molar-refractivity contribution >= 4 is 32.9 Å². The van der Waals surface area contributed by atoms with Crippen molar-refractivity contribution in [3.63, 3.8) is 0 Å². The SMILES string of the molecule is c1ccc(N(P2Oc3ccccc3-c3ccccc32)P2Oc3ccccc3-c3ccccc32)cc1. The van der Waals surface area contributed by atoms with Gasteiger partial charge in [0.1, 0.15) is 11.5 Å². The summed E-state index contributed by atoms with van der Waals surface area (Å²) in [6.07, 6.45) is 0. The van der Waals surface area contributed by atoms with E-state index in [-0.39, 0.29) is 0 Å².